The van der Waals surface area contributed by atoms with Crippen molar-refractivity contribution in [2.45, 2.75) is 12.8 Å². The summed E-state index contributed by atoms with van der Waals surface area (Å²) in [4.78, 5) is 30.6. The zero-order valence-corrected chi connectivity index (χ0v) is 16.2. The number of carbonyl (C=O) groups excluding carboxylic acids is 2. The third-order valence-corrected chi connectivity index (χ3v) is 4.88. The highest BCUT2D eigenvalue weighted by molar-refractivity contribution is 9.10. The molecule has 1 aromatic carbocycles. The molecule has 142 valence electrons. The molecular formula is C19H20BrFN4O2. The van der Waals surface area contributed by atoms with Crippen molar-refractivity contribution in [3.8, 4) is 0 Å². The number of pyridine rings is 1. The number of aromatic nitrogens is 1. The number of amides is 2. The molecule has 0 radical (unpaired) electrons. The van der Waals surface area contributed by atoms with Crippen LogP contribution in [0.15, 0.2) is 47.1 Å². The van der Waals surface area contributed by atoms with Gasteiger partial charge in [-0.2, -0.15) is 0 Å². The summed E-state index contributed by atoms with van der Waals surface area (Å²) in [6.45, 7) is 1.53. The standard InChI is InChI=1S/C19H20BrFN4O2/c20-14-4-5-17(22-11-14)24-19(27)13-6-8-25(9-7-13)12-18(26)23-16-3-1-2-15(21)10-16/h1-5,10-11,13H,6-9,12H2,(H,23,26)(H,22,24,27). The van der Waals surface area contributed by atoms with Gasteiger partial charge < -0.3 is 10.6 Å². The van der Waals surface area contributed by atoms with Crippen LogP contribution >= 0.6 is 15.9 Å². The van der Waals surface area contributed by atoms with Crippen LogP contribution in [0.2, 0.25) is 0 Å². The van der Waals surface area contributed by atoms with Crippen molar-refractivity contribution in [2.75, 3.05) is 30.3 Å². The Morgan fingerprint density at radius 1 is 1.19 bits per heavy atom. The van der Waals surface area contributed by atoms with Gasteiger partial charge in [-0.15, -0.1) is 0 Å². The van der Waals surface area contributed by atoms with E-state index in [0.29, 0.717) is 37.4 Å². The minimum absolute atomic E-state index is 0.0475. The predicted molar refractivity (Wildman–Crippen MR) is 105 cm³/mol. The molecule has 0 unspecified atom stereocenters. The number of piperidine rings is 1. The fraction of sp³-hybridized carbons (Fsp3) is 0.316. The van der Waals surface area contributed by atoms with Crippen LogP contribution in [-0.2, 0) is 9.59 Å². The summed E-state index contributed by atoms with van der Waals surface area (Å²) in [6.07, 6.45) is 2.99. The zero-order chi connectivity index (χ0) is 19.2. The Labute approximate surface area is 165 Å². The molecule has 2 aromatic rings. The van der Waals surface area contributed by atoms with Crippen molar-refractivity contribution in [3.05, 3.63) is 52.9 Å². The molecule has 0 bridgehead atoms. The smallest absolute Gasteiger partial charge is 0.238 e. The lowest BCUT2D eigenvalue weighted by atomic mass is 9.96. The van der Waals surface area contributed by atoms with Gasteiger partial charge in [0.05, 0.1) is 6.54 Å². The van der Waals surface area contributed by atoms with Crippen molar-refractivity contribution in [3.63, 3.8) is 0 Å². The number of carbonyl (C=O) groups is 2. The highest BCUT2D eigenvalue weighted by atomic mass is 79.9. The summed E-state index contributed by atoms with van der Waals surface area (Å²) >= 11 is 3.31. The molecule has 1 saturated heterocycles. The topological polar surface area (TPSA) is 74.3 Å². The molecular weight excluding hydrogens is 415 g/mol. The Balaban J connectivity index is 1.43. The third kappa shape index (κ3) is 5.83. The van der Waals surface area contributed by atoms with Gasteiger partial charge in [-0.25, -0.2) is 9.37 Å². The molecule has 1 fully saturated rings. The van der Waals surface area contributed by atoms with Crippen LogP contribution in [0, 0.1) is 11.7 Å². The number of halogens is 2. The summed E-state index contributed by atoms with van der Waals surface area (Å²) in [7, 11) is 0. The van der Waals surface area contributed by atoms with E-state index in [2.05, 4.69) is 31.5 Å². The third-order valence-electron chi connectivity index (χ3n) is 4.41. The maximum Gasteiger partial charge on any atom is 0.238 e. The molecule has 1 aromatic heterocycles. The number of likely N-dealkylation sites (tertiary alicyclic amines) is 1. The van der Waals surface area contributed by atoms with Gasteiger partial charge in [-0.05, 0) is 72.2 Å². The van der Waals surface area contributed by atoms with E-state index in [1.165, 1.54) is 12.1 Å². The van der Waals surface area contributed by atoms with Crippen molar-refractivity contribution in [1.82, 2.24) is 9.88 Å². The van der Waals surface area contributed by atoms with Crippen LogP contribution in [0.25, 0.3) is 0 Å². The maximum absolute atomic E-state index is 13.2. The maximum atomic E-state index is 13.2. The van der Waals surface area contributed by atoms with E-state index in [1.54, 1.807) is 24.4 Å². The molecule has 2 amide bonds. The lowest BCUT2D eigenvalue weighted by Crippen LogP contribution is -2.41. The van der Waals surface area contributed by atoms with Crippen molar-refractivity contribution >= 4 is 39.2 Å². The van der Waals surface area contributed by atoms with E-state index in [4.69, 9.17) is 0 Å². The van der Waals surface area contributed by atoms with Crippen LogP contribution in [0.1, 0.15) is 12.8 Å². The number of hydrogen-bond donors (Lipinski definition) is 2. The van der Waals surface area contributed by atoms with Crippen LogP contribution in [0.4, 0.5) is 15.9 Å². The first-order valence-electron chi connectivity index (χ1n) is 8.70. The summed E-state index contributed by atoms with van der Waals surface area (Å²) in [6, 6.07) is 9.37. The van der Waals surface area contributed by atoms with E-state index in [0.717, 1.165) is 4.47 Å². The molecule has 8 heteroatoms. The van der Waals surface area contributed by atoms with E-state index in [9.17, 15) is 14.0 Å². The van der Waals surface area contributed by atoms with Crippen molar-refractivity contribution < 1.29 is 14.0 Å². The average molecular weight is 435 g/mol. The fourth-order valence-corrected chi connectivity index (χ4v) is 3.24. The normalized spacial score (nSPS) is 15.3. The van der Waals surface area contributed by atoms with E-state index >= 15 is 0 Å². The quantitative estimate of drug-likeness (QED) is 0.756. The predicted octanol–water partition coefficient (Wildman–Crippen LogP) is 3.27. The number of nitrogens with one attached hydrogen (secondary N) is 2. The van der Waals surface area contributed by atoms with Crippen LogP contribution in [0.5, 0.6) is 0 Å². The van der Waals surface area contributed by atoms with Gasteiger partial charge in [-0.3, -0.25) is 14.5 Å². The first kappa shape index (κ1) is 19.4. The summed E-state index contributed by atoms with van der Waals surface area (Å²) in [5, 5.41) is 5.52. The minimum Gasteiger partial charge on any atom is -0.325 e. The Bertz CT molecular complexity index is 808. The van der Waals surface area contributed by atoms with Gasteiger partial charge in [0.1, 0.15) is 11.6 Å². The summed E-state index contributed by atoms with van der Waals surface area (Å²) in [5.74, 6) is -0.200. The monoisotopic (exact) mass is 434 g/mol. The summed E-state index contributed by atoms with van der Waals surface area (Å²) in [5.41, 5.74) is 0.441. The number of rotatable bonds is 5. The zero-order valence-electron chi connectivity index (χ0n) is 14.6. The SMILES string of the molecule is O=C(CN1CCC(C(=O)Nc2ccc(Br)cn2)CC1)Nc1cccc(F)c1. The highest BCUT2D eigenvalue weighted by Gasteiger charge is 2.26. The molecule has 1 aliphatic heterocycles. The van der Waals surface area contributed by atoms with Crippen LogP contribution in [-0.4, -0.2) is 41.3 Å². The lowest BCUT2D eigenvalue weighted by molar-refractivity contribution is -0.121. The van der Waals surface area contributed by atoms with E-state index in [1.807, 2.05) is 11.0 Å². The second kappa shape index (κ2) is 9.05. The minimum atomic E-state index is -0.389. The van der Waals surface area contributed by atoms with Gasteiger partial charge in [0.25, 0.3) is 0 Å². The molecule has 0 aliphatic carbocycles. The molecule has 0 saturated carbocycles. The van der Waals surface area contributed by atoms with Crippen molar-refractivity contribution in [1.29, 1.82) is 0 Å². The number of hydrogen-bond acceptors (Lipinski definition) is 4. The van der Waals surface area contributed by atoms with Crippen molar-refractivity contribution in [2.24, 2.45) is 5.92 Å². The van der Waals surface area contributed by atoms with Crippen LogP contribution in [0.3, 0.4) is 0 Å². The summed E-state index contributed by atoms with van der Waals surface area (Å²) < 4.78 is 14.0. The number of benzene rings is 1. The molecule has 1 aliphatic rings. The van der Waals surface area contributed by atoms with Gasteiger partial charge in [-0.1, -0.05) is 6.07 Å². The second-order valence-corrected chi connectivity index (χ2v) is 7.38. The molecule has 3 rings (SSSR count). The first-order chi connectivity index (χ1) is 13.0. The Morgan fingerprint density at radius 2 is 1.96 bits per heavy atom. The molecule has 2 heterocycles. The number of nitrogens with zero attached hydrogens (tertiary/aromatic N) is 2. The molecule has 0 spiro atoms. The Morgan fingerprint density at radius 3 is 2.63 bits per heavy atom. The first-order valence-corrected chi connectivity index (χ1v) is 9.49. The van der Waals surface area contributed by atoms with Crippen LogP contribution < -0.4 is 10.6 Å². The van der Waals surface area contributed by atoms with E-state index < -0.39 is 0 Å². The highest BCUT2D eigenvalue weighted by Crippen LogP contribution is 2.20. The molecule has 0 atom stereocenters. The molecule has 27 heavy (non-hydrogen) atoms. The lowest BCUT2D eigenvalue weighted by Gasteiger charge is -2.30. The fourth-order valence-electron chi connectivity index (χ4n) is 3.00. The van der Waals surface area contributed by atoms with Gasteiger partial charge in [0, 0.05) is 22.3 Å². The van der Waals surface area contributed by atoms with Gasteiger partial charge in [0.15, 0.2) is 0 Å². The Hall–Kier alpha value is -2.32. The van der Waals surface area contributed by atoms with Gasteiger partial charge in [0.2, 0.25) is 11.8 Å². The Kier molecular flexibility index (Phi) is 6.52. The number of anilines is 2. The molecule has 6 nitrogen and oxygen atoms in total. The molecule has 2 N–H and O–H groups in total. The average Bonchev–Trinajstić information content (AvgIpc) is 2.64. The van der Waals surface area contributed by atoms with E-state index in [-0.39, 0.29) is 30.1 Å². The largest absolute Gasteiger partial charge is 0.325 e. The second-order valence-electron chi connectivity index (χ2n) is 6.46. The van der Waals surface area contributed by atoms with Gasteiger partial charge >= 0.3 is 0 Å².